The summed E-state index contributed by atoms with van der Waals surface area (Å²) in [6, 6.07) is 5.45. The smallest absolute Gasteiger partial charge is 0.268 e. The summed E-state index contributed by atoms with van der Waals surface area (Å²) in [5, 5.41) is 3.84. The Morgan fingerprint density at radius 1 is 0.983 bits per heavy atom. The van der Waals surface area contributed by atoms with Gasteiger partial charge in [-0.25, -0.2) is 8.42 Å². The zero-order chi connectivity index (χ0) is 42.5. The van der Waals surface area contributed by atoms with E-state index in [4.69, 9.17) is 11.6 Å². The number of rotatable bonds is 14. The van der Waals surface area contributed by atoms with Gasteiger partial charge in [0, 0.05) is 46.6 Å². The van der Waals surface area contributed by atoms with Crippen molar-refractivity contribution < 1.29 is 32.4 Å². The van der Waals surface area contributed by atoms with Gasteiger partial charge in [-0.05, 0) is 104 Å². The van der Waals surface area contributed by atoms with Gasteiger partial charge in [0.15, 0.2) is 11.6 Å². The number of fused-ring (bicyclic) bond motifs is 2. The molecule has 320 valence electrons. The number of carbonyl (C=O) groups excluding carboxylic acids is 5. The molecule has 1 aromatic heterocycles. The molecular formula is C46H61ClN4O7S. The van der Waals surface area contributed by atoms with Crippen molar-refractivity contribution in [2.75, 3.05) is 6.54 Å². The van der Waals surface area contributed by atoms with Gasteiger partial charge in [-0.2, -0.15) is 0 Å². The number of hydrogen-bond donors (Lipinski definition) is 3. The Morgan fingerprint density at radius 3 is 2.25 bits per heavy atom. The third kappa shape index (κ3) is 7.00. The van der Waals surface area contributed by atoms with E-state index >= 15 is 4.79 Å². The summed E-state index contributed by atoms with van der Waals surface area (Å²) in [6.07, 6.45) is 10.8. The van der Waals surface area contributed by atoms with E-state index in [-0.39, 0.29) is 58.4 Å². The predicted molar refractivity (Wildman–Crippen MR) is 227 cm³/mol. The molecule has 6 atom stereocenters. The standard InChI is InChI=1S/C46H61ClN4O7S/c1-7-29-23-44(29,41(56)50-59(57,58)31-15-16-31)25-37(53)35-24-46(43(5,6)45(46)18-11-19-45)26-51(35)40(55)32(42(2,3)4)22-36(52)38(27-12-9-8-10-13-27)49-39(54)34-21-28-20-30(47)14-17-33(28)48-34/h7,14,17,20-21,27,29,31-32,35,38,48H,1,8-13,15-16,18-19,22-26H2,2-6H3,(H,49,54)(H,50,56)/t29-,32-,35+,38?,44-,46-/m1/s1. The van der Waals surface area contributed by atoms with E-state index in [0.29, 0.717) is 42.9 Å². The summed E-state index contributed by atoms with van der Waals surface area (Å²) >= 11 is 6.22. The fourth-order valence-electron chi connectivity index (χ4n) is 12.1. The van der Waals surface area contributed by atoms with E-state index in [2.05, 4.69) is 35.4 Å². The number of hydrogen-bond acceptors (Lipinski definition) is 7. The van der Waals surface area contributed by atoms with Crippen molar-refractivity contribution >= 4 is 61.8 Å². The average molecular weight is 850 g/mol. The highest BCUT2D eigenvalue weighted by Crippen LogP contribution is 2.88. The number of sulfonamides is 1. The van der Waals surface area contributed by atoms with Crippen LogP contribution in [-0.4, -0.2) is 71.5 Å². The van der Waals surface area contributed by atoms with Crippen LogP contribution in [0.2, 0.25) is 5.02 Å². The van der Waals surface area contributed by atoms with Crippen LogP contribution in [0.1, 0.15) is 135 Å². The van der Waals surface area contributed by atoms with Crippen LogP contribution in [0, 0.1) is 44.8 Å². The SMILES string of the molecule is C=C[C@@H]1C[C@]1(CC(=O)[C@@H]1C[C@@]2(CN1C(=O)[C@@H](CC(=O)C(NC(=O)c1cc3cc(Cl)ccc3[nH]1)C1CCCCC1)C(C)(C)C)C(C)(C)C21CCC1)C(=O)NS(=O)(=O)C1CC1. The first kappa shape index (κ1) is 42.2. The van der Waals surface area contributed by atoms with Gasteiger partial charge < -0.3 is 15.2 Å². The fraction of sp³-hybridized carbons (Fsp3) is 0.674. The van der Waals surface area contributed by atoms with Crippen LogP contribution in [0.25, 0.3) is 10.9 Å². The molecule has 5 saturated carbocycles. The molecule has 6 fully saturated rings. The zero-order valence-electron chi connectivity index (χ0n) is 35.3. The van der Waals surface area contributed by atoms with E-state index in [1.54, 1.807) is 29.2 Å². The minimum atomic E-state index is -3.84. The second-order valence-corrected chi connectivity index (χ2v) is 23.1. The minimum Gasteiger partial charge on any atom is -0.351 e. The number of allylic oxidation sites excluding steroid dienone is 1. The van der Waals surface area contributed by atoms with Gasteiger partial charge in [-0.15, -0.1) is 6.58 Å². The quantitative estimate of drug-likeness (QED) is 0.164. The topological polar surface area (TPSA) is 163 Å². The number of ketones is 2. The lowest BCUT2D eigenvalue weighted by Crippen LogP contribution is -2.51. The van der Waals surface area contributed by atoms with E-state index in [9.17, 15) is 27.6 Å². The van der Waals surface area contributed by atoms with Gasteiger partial charge >= 0.3 is 0 Å². The number of carbonyl (C=O) groups is 5. The highest BCUT2D eigenvalue weighted by molar-refractivity contribution is 7.90. The van der Waals surface area contributed by atoms with Gasteiger partial charge in [0.2, 0.25) is 21.8 Å². The molecule has 0 radical (unpaired) electrons. The molecule has 6 aliphatic rings. The predicted octanol–water partition coefficient (Wildman–Crippen LogP) is 7.68. The molecule has 1 saturated heterocycles. The van der Waals surface area contributed by atoms with E-state index in [1.807, 2.05) is 26.8 Å². The van der Waals surface area contributed by atoms with Crippen LogP contribution in [0.4, 0.5) is 0 Å². The first-order valence-corrected chi connectivity index (χ1v) is 23.8. The van der Waals surface area contributed by atoms with Crippen molar-refractivity contribution in [3.63, 3.8) is 0 Å². The van der Waals surface area contributed by atoms with Crippen LogP contribution in [-0.2, 0) is 29.2 Å². The summed E-state index contributed by atoms with van der Waals surface area (Å²) in [7, 11) is -3.84. The van der Waals surface area contributed by atoms with Crippen molar-refractivity contribution in [1.82, 2.24) is 19.9 Å². The number of benzene rings is 1. The van der Waals surface area contributed by atoms with Crippen LogP contribution < -0.4 is 10.0 Å². The number of aromatic amines is 1. The molecule has 2 spiro atoms. The van der Waals surface area contributed by atoms with Gasteiger partial charge in [0.25, 0.3) is 5.91 Å². The molecular weight excluding hydrogens is 788 g/mol. The first-order chi connectivity index (χ1) is 27.7. The van der Waals surface area contributed by atoms with E-state index in [0.717, 1.165) is 62.3 Å². The normalized spacial score (nSPS) is 29.4. The molecule has 5 aliphatic carbocycles. The molecule has 11 nitrogen and oxygen atoms in total. The Hall–Kier alpha value is -3.51. The van der Waals surface area contributed by atoms with Crippen LogP contribution in [0.5, 0.6) is 0 Å². The molecule has 59 heavy (non-hydrogen) atoms. The Kier molecular flexibility index (Phi) is 10.4. The number of nitrogens with zero attached hydrogens (tertiary/aromatic N) is 1. The fourth-order valence-corrected chi connectivity index (χ4v) is 13.7. The number of aromatic nitrogens is 1. The number of amides is 3. The van der Waals surface area contributed by atoms with E-state index < -0.39 is 55.9 Å². The van der Waals surface area contributed by atoms with Gasteiger partial charge in [0.05, 0.1) is 22.7 Å². The Labute approximate surface area is 353 Å². The lowest BCUT2D eigenvalue weighted by Gasteiger charge is -2.37. The van der Waals surface area contributed by atoms with Crippen molar-refractivity contribution in [2.45, 2.75) is 142 Å². The second-order valence-electron chi connectivity index (χ2n) is 20.7. The lowest BCUT2D eigenvalue weighted by atomic mass is 9.73. The molecule has 1 unspecified atom stereocenters. The minimum absolute atomic E-state index is 0.0154. The first-order valence-electron chi connectivity index (χ1n) is 21.8. The van der Waals surface area contributed by atoms with Crippen molar-refractivity contribution in [1.29, 1.82) is 0 Å². The highest BCUT2D eigenvalue weighted by Gasteiger charge is 2.85. The van der Waals surface area contributed by atoms with Gasteiger partial charge in [-0.1, -0.05) is 78.0 Å². The third-order valence-electron chi connectivity index (χ3n) is 16.4. The summed E-state index contributed by atoms with van der Waals surface area (Å²) in [5.41, 5.74) is -1.21. The van der Waals surface area contributed by atoms with Crippen molar-refractivity contribution in [3.05, 3.63) is 47.6 Å². The largest absolute Gasteiger partial charge is 0.351 e. The molecule has 13 heteroatoms. The molecule has 2 aromatic rings. The summed E-state index contributed by atoms with van der Waals surface area (Å²) in [6.45, 7) is 14.6. The molecule has 3 amide bonds. The van der Waals surface area contributed by atoms with E-state index in [1.165, 1.54) is 0 Å². The monoisotopic (exact) mass is 848 g/mol. The maximum atomic E-state index is 15.3. The summed E-state index contributed by atoms with van der Waals surface area (Å²) in [5.74, 6) is -2.99. The maximum absolute atomic E-state index is 15.3. The number of nitrogens with one attached hydrogen (secondary N) is 3. The maximum Gasteiger partial charge on any atom is 0.268 e. The summed E-state index contributed by atoms with van der Waals surface area (Å²) in [4.78, 5) is 77.3. The number of Topliss-reactive ketones (excluding diaryl/α,β-unsaturated/α-hetero) is 2. The molecule has 8 rings (SSSR count). The number of likely N-dealkylation sites (tertiary alicyclic amines) is 1. The Balaban J connectivity index is 1.07. The van der Waals surface area contributed by atoms with Crippen molar-refractivity contribution in [3.8, 4) is 0 Å². The number of halogens is 1. The highest BCUT2D eigenvalue weighted by atomic mass is 35.5. The molecule has 0 bridgehead atoms. The Morgan fingerprint density at radius 2 is 1.68 bits per heavy atom. The molecule has 1 aromatic carbocycles. The molecule has 3 N–H and O–H groups in total. The van der Waals surface area contributed by atoms with Crippen molar-refractivity contribution in [2.24, 2.45) is 44.8 Å². The summed E-state index contributed by atoms with van der Waals surface area (Å²) < 4.78 is 28.0. The number of H-pyrrole nitrogens is 1. The van der Waals surface area contributed by atoms with Gasteiger partial charge in [0.1, 0.15) is 5.69 Å². The van der Waals surface area contributed by atoms with Crippen LogP contribution in [0.3, 0.4) is 0 Å². The van der Waals surface area contributed by atoms with Crippen LogP contribution >= 0.6 is 11.6 Å². The molecule has 1 aliphatic heterocycles. The average Bonchev–Trinajstić information content (AvgIpc) is 4.10. The van der Waals surface area contributed by atoms with Crippen LogP contribution in [0.15, 0.2) is 36.9 Å². The third-order valence-corrected chi connectivity index (χ3v) is 18.4. The second kappa shape index (κ2) is 14.6. The Bertz CT molecular complexity index is 2210. The molecule has 2 heterocycles. The lowest BCUT2D eigenvalue weighted by molar-refractivity contribution is -0.146. The van der Waals surface area contributed by atoms with Gasteiger partial charge in [-0.3, -0.25) is 28.7 Å². The zero-order valence-corrected chi connectivity index (χ0v) is 36.8.